The molecule has 120 valence electrons. The van der Waals surface area contributed by atoms with Crippen LogP contribution < -0.4 is 5.32 Å². The number of hydrogen-bond donors (Lipinski definition) is 1. The molecule has 1 aromatic rings. The third-order valence-electron chi connectivity index (χ3n) is 4.27. The molecular weight excluding hydrogens is 282 g/mol. The van der Waals surface area contributed by atoms with E-state index in [1.165, 1.54) is 26.2 Å². The van der Waals surface area contributed by atoms with E-state index in [2.05, 4.69) is 42.1 Å². The molecular formula is C16H29N3OS. The van der Waals surface area contributed by atoms with E-state index in [1.807, 2.05) is 12.3 Å². The minimum absolute atomic E-state index is 0.605. The Morgan fingerprint density at radius 1 is 1.24 bits per heavy atom. The van der Waals surface area contributed by atoms with Gasteiger partial charge in [-0.1, -0.05) is 25.6 Å². The molecule has 5 heteroatoms. The highest BCUT2D eigenvalue weighted by Gasteiger charge is 2.24. The first-order valence-electron chi connectivity index (χ1n) is 7.86. The van der Waals surface area contributed by atoms with Gasteiger partial charge in [0.2, 0.25) is 0 Å². The second-order valence-corrected chi connectivity index (χ2v) is 7.02. The second-order valence-electron chi connectivity index (χ2n) is 6.21. The maximum atomic E-state index is 5.71. The number of piperazine rings is 1. The average molecular weight is 311 g/mol. The molecule has 0 amide bonds. The maximum absolute atomic E-state index is 5.71. The van der Waals surface area contributed by atoms with Crippen LogP contribution in [0.25, 0.3) is 0 Å². The first kappa shape index (κ1) is 16.9. The van der Waals surface area contributed by atoms with Gasteiger partial charge in [-0.3, -0.25) is 4.90 Å². The summed E-state index contributed by atoms with van der Waals surface area (Å²) < 4.78 is 5.71. The molecule has 1 aromatic heterocycles. The molecule has 21 heavy (non-hydrogen) atoms. The lowest BCUT2D eigenvalue weighted by Gasteiger charge is -2.40. The van der Waals surface area contributed by atoms with Crippen molar-refractivity contribution in [2.24, 2.45) is 5.92 Å². The molecule has 0 saturated carbocycles. The zero-order valence-corrected chi connectivity index (χ0v) is 14.6. The highest BCUT2D eigenvalue weighted by atomic mass is 32.2. The summed E-state index contributed by atoms with van der Waals surface area (Å²) in [4.78, 5) is 5.04. The molecule has 1 aliphatic heterocycles. The van der Waals surface area contributed by atoms with Crippen molar-refractivity contribution in [1.29, 1.82) is 0 Å². The lowest BCUT2D eigenvalue weighted by atomic mass is 10.0. The maximum Gasteiger partial charge on any atom is 0.160 e. The molecule has 1 fully saturated rings. The van der Waals surface area contributed by atoms with Crippen LogP contribution in [0.1, 0.15) is 19.6 Å². The Kier molecular flexibility index (Phi) is 6.61. The third kappa shape index (κ3) is 5.02. The molecule has 0 aromatic carbocycles. The van der Waals surface area contributed by atoms with E-state index in [4.69, 9.17) is 4.42 Å². The van der Waals surface area contributed by atoms with Gasteiger partial charge >= 0.3 is 0 Å². The Morgan fingerprint density at radius 2 is 1.95 bits per heavy atom. The average Bonchev–Trinajstić information content (AvgIpc) is 2.92. The Labute approximate surface area is 133 Å². The molecule has 1 atom stereocenters. The number of hydrogen-bond acceptors (Lipinski definition) is 5. The van der Waals surface area contributed by atoms with Crippen molar-refractivity contribution in [3.8, 4) is 0 Å². The largest absolute Gasteiger partial charge is 0.454 e. The predicted octanol–water partition coefficient (Wildman–Crippen LogP) is 2.36. The van der Waals surface area contributed by atoms with E-state index in [-0.39, 0.29) is 0 Å². The van der Waals surface area contributed by atoms with Crippen LogP contribution in [0, 0.1) is 5.92 Å². The zero-order valence-electron chi connectivity index (χ0n) is 13.8. The summed E-state index contributed by atoms with van der Waals surface area (Å²) in [5.41, 5.74) is 0. The van der Waals surface area contributed by atoms with Crippen molar-refractivity contribution in [1.82, 2.24) is 15.1 Å². The standard InChI is InChI=1S/C16H29N3OS/c1-13(2)15(19-9-7-18(3)8-10-19)12-17-11-14-5-6-16(20-14)21-4/h5-6,13,15,17H,7-12H2,1-4H3. The summed E-state index contributed by atoms with van der Waals surface area (Å²) in [5.74, 6) is 1.69. The van der Waals surface area contributed by atoms with Gasteiger partial charge in [0.05, 0.1) is 6.54 Å². The van der Waals surface area contributed by atoms with Crippen LogP contribution in [0.4, 0.5) is 0 Å². The van der Waals surface area contributed by atoms with Gasteiger partial charge in [0.1, 0.15) is 5.76 Å². The summed E-state index contributed by atoms with van der Waals surface area (Å²) in [6.45, 7) is 11.2. The minimum Gasteiger partial charge on any atom is -0.454 e. The number of thioether (sulfide) groups is 1. The number of nitrogens with one attached hydrogen (secondary N) is 1. The quantitative estimate of drug-likeness (QED) is 0.782. The number of nitrogens with zero attached hydrogens (tertiary/aromatic N) is 2. The van der Waals surface area contributed by atoms with Crippen molar-refractivity contribution in [3.63, 3.8) is 0 Å². The van der Waals surface area contributed by atoms with E-state index in [0.29, 0.717) is 12.0 Å². The van der Waals surface area contributed by atoms with Crippen molar-refractivity contribution < 1.29 is 4.42 Å². The molecule has 2 rings (SSSR count). The topological polar surface area (TPSA) is 31.6 Å². The van der Waals surface area contributed by atoms with Crippen molar-refractivity contribution in [3.05, 3.63) is 17.9 Å². The molecule has 1 N–H and O–H groups in total. The fourth-order valence-corrected chi connectivity index (χ4v) is 3.24. The van der Waals surface area contributed by atoms with Gasteiger partial charge in [0.15, 0.2) is 5.09 Å². The second kappa shape index (κ2) is 8.22. The Hall–Kier alpha value is -0.490. The van der Waals surface area contributed by atoms with Crippen LogP contribution in [0.5, 0.6) is 0 Å². The lowest BCUT2D eigenvalue weighted by molar-refractivity contribution is 0.0872. The van der Waals surface area contributed by atoms with E-state index in [9.17, 15) is 0 Å². The summed E-state index contributed by atoms with van der Waals surface area (Å²) in [6, 6.07) is 4.72. The number of likely N-dealkylation sites (N-methyl/N-ethyl adjacent to an activating group) is 1. The Morgan fingerprint density at radius 3 is 2.52 bits per heavy atom. The highest BCUT2D eigenvalue weighted by Crippen LogP contribution is 2.18. The number of rotatable bonds is 7. The van der Waals surface area contributed by atoms with E-state index in [0.717, 1.165) is 23.9 Å². The van der Waals surface area contributed by atoms with Gasteiger partial charge in [-0.15, -0.1) is 0 Å². The van der Waals surface area contributed by atoms with Crippen molar-refractivity contribution in [2.45, 2.75) is 31.5 Å². The third-order valence-corrected chi connectivity index (χ3v) is 4.89. The van der Waals surface area contributed by atoms with E-state index >= 15 is 0 Å². The van der Waals surface area contributed by atoms with Crippen LogP contribution in [0.15, 0.2) is 21.6 Å². The van der Waals surface area contributed by atoms with Gasteiger partial charge in [-0.2, -0.15) is 0 Å². The van der Waals surface area contributed by atoms with Gasteiger partial charge in [0.25, 0.3) is 0 Å². The molecule has 1 saturated heterocycles. The van der Waals surface area contributed by atoms with Crippen LogP contribution >= 0.6 is 11.8 Å². The molecule has 0 radical (unpaired) electrons. The lowest BCUT2D eigenvalue weighted by Crippen LogP contribution is -2.53. The first-order valence-corrected chi connectivity index (χ1v) is 9.08. The predicted molar refractivity (Wildman–Crippen MR) is 89.9 cm³/mol. The zero-order chi connectivity index (χ0) is 15.2. The summed E-state index contributed by atoms with van der Waals surface area (Å²) in [5, 5.41) is 4.56. The summed E-state index contributed by atoms with van der Waals surface area (Å²) in [6.07, 6.45) is 2.04. The summed E-state index contributed by atoms with van der Waals surface area (Å²) >= 11 is 1.65. The Bertz CT molecular complexity index is 413. The normalized spacial score (nSPS) is 19.3. The molecule has 1 aliphatic rings. The molecule has 0 spiro atoms. The smallest absolute Gasteiger partial charge is 0.160 e. The van der Waals surface area contributed by atoms with E-state index in [1.54, 1.807) is 11.8 Å². The van der Waals surface area contributed by atoms with Crippen molar-refractivity contribution >= 4 is 11.8 Å². The highest BCUT2D eigenvalue weighted by molar-refractivity contribution is 7.98. The molecule has 0 bridgehead atoms. The number of furan rings is 1. The van der Waals surface area contributed by atoms with Gasteiger partial charge in [0, 0.05) is 38.8 Å². The molecule has 2 heterocycles. The first-order chi connectivity index (χ1) is 10.1. The SMILES string of the molecule is CSc1ccc(CNCC(C(C)C)N2CCN(C)CC2)o1. The van der Waals surface area contributed by atoms with E-state index < -0.39 is 0 Å². The fourth-order valence-electron chi connectivity index (χ4n) is 2.85. The van der Waals surface area contributed by atoms with Crippen LogP contribution in [0.2, 0.25) is 0 Å². The summed E-state index contributed by atoms with van der Waals surface area (Å²) in [7, 11) is 2.21. The van der Waals surface area contributed by atoms with Crippen LogP contribution in [-0.2, 0) is 6.54 Å². The van der Waals surface area contributed by atoms with Gasteiger partial charge < -0.3 is 14.6 Å². The molecule has 0 aliphatic carbocycles. The fraction of sp³-hybridized carbons (Fsp3) is 0.750. The molecule has 1 unspecified atom stereocenters. The Balaban J connectivity index is 1.80. The minimum atomic E-state index is 0.605. The monoisotopic (exact) mass is 311 g/mol. The molecule has 4 nitrogen and oxygen atoms in total. The van der Waals surface area contributed by atoms with Gasteiger partial charge in [-0.05, 0) is 31.4 Å². The van der Waals surface area contributed by atoms with Crippen LogP contribution in [-0.4, -0.2) is 61.9 Å². The van der Waals surface area contributed by atoms with Gasteiger partial charge in [-0.25, -0.2) is 0 Å². The van der Waals surface area contributed by atoms with Crippen molar-refractivity contribution in [2.75, 3.05) is 46.0 Å². The van der Waals surface area contributed by atoms with Crippen LogP contribution in [0.3, 0.4) is 0 Å².